The quantitative estimate of drug-likeness (QED) is 0.140. The number of hydrogen-bond donors (Lipinski definition) is 0. The highest BCUT2D eigenvalue weighted by Gasteiger charge is 2.20. The average Bonchev–Trinajstić information content (AvgIpc) is 3.76. The normalized spacial score (nSPS) is 11.4. The molecule has 0 spiro atoms. The summed E-state index contributed by atoms with van der Waals surface area (Å²) >= 11 is 0. The zero-order chi connectivity index (χ0) is 46.4. The molecule has 13 aromatic rings. The standard InChI is InChI=1S/C68H46N2/c1-3-14-47(15-4-1)51-30-36-60(37-31-51)69(61-38-32-52(33-39-61)48-16-5-2-6-17-48)62-23-13-22-59(44-62)63-24-11-12-25-66(63)70-67-45-57(55-28-26-49-18-7-9-20-53(49)42-55)34-40-64(67)65-41-35-58(46-68(65)70)56-29-27-50-19-8-10-21-54(50)43-56/h1-46H. The first kappa shape index (κ1) is 41.0. The predicted octanol–water partition coefficient (Wildman–Crippen LogP) is 18.9. The van der Waals surface area contributed by atoms with Crippen molar-refractivity contribution < 1.29 is 0 Å². The molecule has 1 aromatic heterocycles. The van der Waals surface area contributed by atoms with Gasteiger partial charge in [-0.25, -0.2) is 0 Å². The van der Waals surface area contributed by atoms with Crippen molar-refractivity contribution in [1.82, 2.24) is 4.57 Å². The van der Waals surface area contributed by atoms with E-state index in [-0.39, 0.29) is 0 Å². The largest absolute Gasteiger partial charge is 0.310 e. The lowest BCUT2D eigenvalue weighted by molar-refractivity contribution is 1.18. The molecule has 0 aliphatic heterocycles. The number of aromatic nitrogens is 1. The molecule has 0 N–H and O–H groups in total. The Bertz CT molecular complexity index is 3820. The van der Waals surface area contributed by atoms with Crippen LogP contribution in [0, 0.1) is 0 Å². The summed E-state index contributed by atoms with van der Waals surface area (Å²) in [7, 11) is 0. The Balaban J connectivity index is 0.981. The first-order valence-corrected chi connectivity index (χ1v) is 24.1. The summed E-state index contributed by atoms with van der Waals surface area (Å²) in [6, 6.07) is 102. The number of fused-ring (bicyclic) bond motifs is 5. The fourth-order valence-electron chi connectivity index (χ4n) is 10.4. The Hall–Kier alpha value is -9.24. The Morgan fingerprint density at radius 1 is 0.229 bits per heavy atom. The van der Waals surface area contributed by atoms with E-state index in [1.807, 2.05) is 0 Å². The minimum absolute atomic E-state index is 1.08. The van der Waals surface area contributed by atoms with Gasteiger partial charge in [-0.2, -0.15) is 0 Å². The van der Waals surface area contributed by atoms with Crippen molar-refractivity contribution in [3.05, 3.63) is 279 Å². The predicted molar refractivity (Wildman–Crippen MR) is 298 cm³/mol. The summed E-state index contributed by atoms with van der Waals surface area (Å²) in [6.07, 6.45) is 0. The smallest absolute Gasteiger partial charge is 0.0547 e. The van der Waals surface area contributed by atoms with Crippen LogP contribution in [0.25, 0.3) is 105 Å². The second-order valence-electron chi connectivity index (χ2n) is 18.2. The van der Waals surface area contributed by atoms with Gasteiger partial charge >= 0.3 is 0 Å². The number of rotatable bonds is 9. The molecule has 0 amide bonds. The average molecular weight is 891 g/mol. The third-order valence-electron chi connectivity index (χ3n) is 14.0. The number of para-hydroxylation sites is 1. The first-order valence-electron chi connectivity index (χ1n) is 24.1. The Labute approximate surface area is 408 Å². The van der Waals surface area contributed by atoms with Crippen molar-refractivity contribution >= 4 is 60.4 Å². The molecule has 328 valence electrons. The van der Waals surface area contributed by atoms with Crippen molar-refractivity contribution in [3.63, 3.8) is 0 Å². The van der Waals surface area contributed by atoms with Crippen molar-refractivity contribution in [2.24, 2.45) is 0 Å². The highest BCUT2D eigenvalue weighted by atomic mass is 15.1. The SMILES string of the molecule is c1ccc(-c2ccc(N(c3ccc(-c4ccccc4)cc3)c3cccc(-c4ccccc4-n4c5cc(-c6ccc7ccccc7c6)ccc5c5ccc(-c6ccc7ccccc7c6)cc54)c3)cc2)cc1. The molecule has 0 saturated carbocycles. The van der Waals surface area contributed by atoms with Crippen LogP contribution < -0.4 is 4.90 Å². The van der Waals surface area contributed by atoms with E-state index in [1.54, 1.807) is 0 Å². The van der Waals surface area contributed by atoms with Gasteiger partial charge in [0, 0.05) is 33.4 Å². The first-order chi connectivity index (χ1) is 34.7. The Kier molecular flexibility index (Phi) is 10.2. The maximum absolute atomic E-state index is 2.50. The molecule has 1 heterocycles. The van der Waals surface area contributed by atoms with E-state index < -0.39 is 0 Å². The van der Waals surface area contributed by atoms with E-state index >= 15 is 0 Å². The van der Waals surface area contributed by atoms with E-state index in [4.69, 9.17) is 0 Å². The number of anilines is 3. The lowest BCUT2D eigenvalue weighted by atomic mass is 9.99. The molecule has 0 atom stereocenters. The zero-order valence-electron chi connectivity index (χ0n) is 38.5. The lowest BCUT2D eigenvalue weighted by Gasteiger charge is -2.27. The van der Waals surface area contributed by atoms with Crippen LogP contribution in [0.4, 0.5) is 17.1 Å². The molecule has 0 aliphatic rings. The van der Waals surface area contributed by atoms with E-state index in [1.165, 1.54) is 87.9 Å². The molecule has 70 heavy (non-hydrogen) atoms. The molecule has 0 bridgehead atoms. The van der Waals surface area contributed by atoms with Gasteiger partial charge in [0.15, 0.2) is 0 Å². The molecular formula is C68H46N2. The third-order valence-corrected chi connectivity index (χ3v) is 14.0. The maximum Gasteiger partial charge on any atom is 0.0547 e. The van der Waals surface area contributed by atoms with Crippen LogP contribution in [0.3, 0.4) is 0 Å². The summed E-state index contributed by atoms with van der Waals surface area (Å²) in [5.74, 6) is 0. The molecule has 0 radical (unpaired) electrons. The van der Waals surface area contributed by atoms with Gasteiger partial charge in [0.05, 0.1) is 16.7 Å². The van der Waals surface area contributed by atoms with Gasteiger partial charge in [0.2, 0.25) is 0 Å². The van der Waals surface area contributed by atoms with Crippen LogP contribution in [0.5, 0.6) is 0 Å². The van der Waals surface area contributed by atoms with E-state index in [0.717, 1.165) is 33.9 Å². The molecular weight excluding hydrogens is 845 g/mol. The second-order valence-corrected chi connectivity index (χ2v) is 18.2. The highest BCUT2D eigenvalue weighted by Crippen LogP contribution is 2.43. The van der Waals surface area contributed by atoms with Gasteiger partial charge in [-0.3, -0.25) is 0 Å². The molecule has 13 rings (SSSR count). The number of benzene rings is 12. The highest BCUT2D eigenvalue weighted by molar-refractivity contribution is 6.12. The van der Waals surface area contributed by atoms with Crippen LogP contribution in [-0.2, 0) is 0 Å². The molecule has 0 fully saturated rings. The van der Waals surface area contributed by atoms with Gasteiger partial charge in [0.1, 0.15) is 0 Å². The van der Waals surface area contributed by atoms with Crippen LogP contribution in [0.1, 0.15) is 0 Å². The van der Waals surface area contributed by atoms with Gasteiger partial charge in [-0.05, 0) is 138 Å². The topological polar surface area (TPSA) is 8.17 Å². The van der Waals surface area contributed by atoms with Crippen LogP contribution in [0.15, 0.2) is 279 Å². The van der Waals surface area contributed by atoms with Gasteiger partial charge in [-0.1, -0.05) is 212 Å². The maximum atomic E-state index is 2.50. The van der Waals surface area contributed by atoms with Crippen LogP contribution in [0.2, 0.25) is 0 Å². The summed E-state index contributed by atoms with van der Waals surface area (Å²) in [5, 5.41) is 7.39. The third kappa shape index (κ3) is 7.49. The molecule has 0 saturated heterocycles. The second kappa shape index (κ2) is 17.4. The minimum Gasteiger partial charge on any atom is -0.310 e. The minimum atomic E-state index is 1.08. The van der Waals surface area contributed by atoms with Crippen LogP contribution in [-0.4, -0.2) is 4.57 Å². The summed E-state index contributed by atoms with van der Waals surface area (Å²) < 4.78 is 2.50. The fraction of sp³-hybridized carbons (Fsp3) is 0. The van der Waals surface area contributed by atoms with Crippen molar-refractivity contribution in [2.45, 2.75) is 0 Å². The summed E-state index contributed by atoms with van der Waals surface area (Å²) in [5.41, 5.74) is 18.5. The van der Waals surface area contributed by atoms with E-state index in [0.29, 0.717) is 0 Å². The molecule has 0 unspecified atom stereocenters. The molecule has 12 aromatic carbocycles. The van der Waals surface area contributed by atoms with Gasteiger partial charge in [0.25, 0.3) is 0 Å². The Morgan fingerprint density at radius 2 is 0.629 bits per heavy atom. The lowest BCUT2D eigenvalue weighted by Crippen LogP contribution is -2.10. The monoisotopic (exact) mass is 890 g/mol. The Morgan fingerprint density at radius 3 is 1.16 bits per heavy atom. The number of hydrogen-bond acceptors (Lipinski definition) is 1. The summed E-state index contributed by atoms with van der Waals surface area (Å²) in [6.45, 7) is 0. The van der Waals surface area contributed by atoms with Crippen molar-refractivity contribution in [3.8, 4) is 61.3 Å². The van der Waals surface area contributed by atoms with Crippen molar-refractivity contribution in [1.29, 1.82) is 0 Å². The van der Waals surface area contributed by atoms with Crippen molar-refractivity contribution in [2.75, 3.05) is 4.90 Å². The zero-order valence-corrected chi connectivity index (χ0v) is 38.5. The van der Waals surface area contributed by atoms with E-state index in [9.17, 15) is 0 Å². The van der Waals surface area contributed by atoms with Gasteiger partial charge < -0.3 is 9.47 Å². The van der Waals surface area contributed by atoms with Crippen LogP contribution >= 0.6 is 0 Å². The summed E-state index contributed by atoms with van der Waals surface area (Å²) in [4.78, 5) is 2.38. The van der Waals surface area contributed by atoms with E-state index in [2.05, 4.69) is 289 Å². The molecule has 0 aliphatic carbocycles. The van der Waals surface area contributed by atoms with Gasteiger partial charge in [-0.15, -0.1) is 0 Å². The molecule has 2 heteroatoms. The molecule has 2 nitrogen and oxygen atoms in total. The fourth-order valence-corrected chi connectivity index (χ4v) is 10.4. The number of nitrogens with zero attached hydrogens (tertiary/aromatic N) is 2.